The number of hydrogen-bond donors (Lipinski definition) is 1. The van der Waals surface area contributed by atoms with Gasteiger partial charge in [-0.15, -0.1) is 21.5 Å². The van der Waals surface area contributed by atoms with Gasteiger partial charge in [-0.25, -0.2) is 4.98 Å². The Labute approximate surface area is 154 Å². The number of fused-ring (bicyclic) bond motifs is 1. The normalized spacial score (nSPS) is 11.0. The summed E-state index contributed by atoms with van der Waals surface area (Å²) < 4.78 is 1.77. The van der Waals surface area contributed by atoms with Crippen molar-refractivity contribution in [1.82, 2.24) is 19.6 Å². The molecule has 130 valence electrons. The average molecular weight is 363 g/mol. The van der Waals surface area contributed by atoms with Crippen LogP contribution < -0.4 is 5.32 Å². The molecule has 0 aliphatic carbocycles. The SMILES string of the molecule is Cc1cc(C)cc(-c2cc(C(=O)Nc3nc(C)cs3)c3nncn3c2)c1. The molecule has 0 unspecified atom stereocenters. The van der Waals surface area contributed by atoms with Crippen LogP contribution in [0.4, 0.5) is 5.13 Å². The van der Waals surface area contributed by atoms with Gasteiger partial charge in [-0.1, -0.05) is 29.3 Å². The molecule has 0 aliphatic rings. The van der Waals surface area contributed by atoms with E-state index in [2.05, 4.69) is 52.5 Å². The lowest BCUT2D eigenvalue weighted by Gasteiger charge is -2.09. The minimum Gasteiger partial charge on any atom is -0.298 e. The van der Waals surface area contributed by atoms with Crippen molar-refractivity contribution in [2.45, 2.75) is 20.8 Å². The first-order valence-electron chi connectivity index (χ1n) is 8.15. The van der Waals surface area contributed by atoms with Crippen molar-refractivity contribution in [2.75, 3.05) is 5.32 Å². The van der Waals surface area contributed by atoms with Gasteiger partial charge in [0.1, 0.15) is 6.33 Å². The van der Waals surface area contributed by atoms with Crippen LogP contribution in [0, 0.1) is 20.8 Å². The summed E-state index contributed by atoms with van der Waals surface area (Å²) in [7, 11) is 0. The quantitative estimate of drug-likeness (QED) is 0.596. The Bertz CT molecular complexity index is 1110. The van der Waals surface area contributed by atoms with Gasteiger partial charge in [0.2, 0.25) is 0 Å². The molecule has 0 saturated carbocycles. The van der Waals surface area contributed by atoms with Gasteiger partial charge in [-0.3, -0.25) is 14.5 Å². The number of pyridine rings is 1. The summed E-state index contributed by atoms with van der Waals surface area (Å²) in [5, 5.41) is 13.4. The fourth-order valence-electron chi connectivity index (χ4n) is 2.98. The van der Waals surface area contributed by atoms with Gasteiger partial charge in [0.05, 0.1) is 11.3 Å². The Hall–Kier alpha value is -3.06. The van der Waals surface area contributed by atoms with E-state index < -0.39 is 0 Å². The van der Waals surface area contributed by atoms with Crippen LogP contribution in [-0.2, 0) is 0 Å². The molecule has 3 heterocycles. The van der Waals surface area contributed by atoms with Crippen LogP contribution in [0.15, 0.2) is 42.2 Å². The largest absolute Gasteiger partial charge is 0.298 e. The maximum absolute atomic E-state index is 12.8. The number of thiazole rings is 1. The molecule has 0 atom stereocenters. The summed E-state index contributed by atoms with van der Waals surface area (Å²) in [6, 6.07) is 8.18. The second-order valence-electron chi connectivity index (χ2n) is 6.33. The highest BCUT2D eigenvalue weighted by Crippen LogP contribution is 2.25. The second-order valence-corrected chi connectivity index (χ2v) is 7.19. The molecule has 1 amide bonds. The molecular formula is C19H17N5OS. The number of amides is 1. The molecule has 1 N–H and O–H groups in total. The van der Waals surface area contributed by atoms with Gasteiger partial charge in [-0.2, -0.15) is 0 Å². The van der Waals surface area contributed by atoms with Crippen LogP contribution in [0.3, 0.4) is 0 Å². The van der Waals surface area contributed by atoms with Gasteiger partial charge in [0.25, 0.3) is 5.91 Å². The second kappa shape index (κ2) is 6.34. The standard InChI is InChI=1S/C19H17N5OS/c1-11-4-12(2)6-14(5-11)15-7-16(17-23-20-10-24(17)8-15)18(25)22-19-21-13(3)9-26-19/h4-10H,1-3H3,(H,21,22,25). The molecule has 1 aromatic carbocycles. The van der Waals surface area contributed by atoms with Gasteiger partial charge < -0.3 is 0 Å². The number of carbonyl (C=O) groups excluding carboxylic acids is 1. The van der Waals surface area contributed by atoms with E-state index in [0.717, 1.165) is 16.8 Å². The van der Waals surface area contributed by atoms with Crippen LogP contribution in [0.5, 0.6) is 0 Å². The smallest absolute Gasteiger partial charge is 0.261 e. The summed E-state index contributed by atoms with van der Waals surface area (Å²) in [5.74, 6) is -0.247. The third-order valence-electron chi connectivity index (χ3n) is 4.03. The molecule has 0 aliphatic heterocycles. The van der Waals surface area contributed by atoms with Crippen LogP contribution in [-0.4, -0.2) is 25.5 Å². The predicted octanol–water partition coefficient (Wildman–Crippen LogP) is 4.03. The first kappa shape index (κ1) is 16.4. The van der Waals surface area contributed by atoms with E-state index in [1.165, 1.54) is 22.5 Å². The van der Waals surface area contributed by atoms with Crippen LogP contribution in [0.2, 0.25) is 0 Å². The Morgan fingerprint density at radius 3 is 2.54 bits per heavy atom. The minimum absolute atomic E-state index is 0.247. The van der Waals surface area contributed by atoms with Crippen molar-refractivity contribution in [3.63, 3.8) is 0 Å². The Morgan fingerprint density at radius 2 is 1.85 bits per heavy atom. The Balaban J connectivity index is 1.81. The highest BCUT2D eigenvalue weighted by atomic mass is 32.1. The van der Waals surface area contributed by atoms with E-state index in [4.69, 9.17) is 0 Å². The van der Waals surface area contributed by atoms with Gasteiger partial charge in [0, 0.05) is 11.6 Å². The topological polar surface area (TPSA) is 72.2 Å². The zero-order valence-corrected chi connectivity index (χ0v) is 15.5. The monoisotopic (exact) mass is 363 g/mol. The lowest BCUT2D eigenvalue weighted by molar-refractivity contribution is 0.102. The van der Waals surface area contributed by atoms with Crippen molar-refractivity contribution in [1.29, 1.82) is 0 Å². The number of rotatable bonds is 3. The van der Waals surface area contributed by atoms with Gasteiger partial charge >= 0.3 is 0 Å². The molecule has 7 heteroatoms. The first-order chi connectivity index (χ1) is 12.5. The molecule has 3 aromatic heterocycles. The lowest BCUT2D eigenvalue weighted by atomic mass is 10.0. The Morgan fingerprint density at radius 1 is 1.08 bits per heavy atom. The number of aromatic nitrogens is 4. The number of nitrogens with zero attached hydrogens (tertiary/aromatic N) is 4. The van der Waals surface area contributed by atoms with Gasteiger partial charge in [-0.05, 0) is 38.0 Å². The predicted molar refractivity (Wildman–Crippen MR) is 103 cm³/mol. The lowest BCUT2D eigenvalue weighted by Crippen LogP contribution is -2.13. The minimum atomic E-state index is -0.247. The van der Waals surface area contributed by atoms with E-state index in [1.807, 2.05) is 24.6 Å². The third-order valence-corrected chi connectivity index (χ3v) is 4.91. The highest BCUT2D eigenvalue weighted by Gasteiger charge is 2.16. The molecule has 0 spiro atoms. The Kier molecular flexibility index (Phi) is 4.00. The van der Waals surface area contributed by atoms with E-state index in [-0.39, 0.29) is 5.91 Å². The van der Waals surface area contributed by atoms with Crippen LogP contribution in [0.1, 0.15) is 27.2 Å². The first-order valence-corrected chi connectivity index (χ1v) is 9.03. The average Bonchev–Trinajstić information content (AvgIpc) is 3.21. The molecule has 0 saturated heterocycles. The number of carbonyl (C=O) groups is 1. The summed E-state index contributed by atoms with van der Waals surface area (Å²) in [5.41, 5.74) is 6.20. The zero-order chi connectivity index (χ0) is 18.3. The molecule has 6 nitrogen and oxygen atoms in total. The number of hydrogen-bond acceptors (Lipinski definition) is 5. The van der Waals surface area contributed by atoms with E-state index >= 15 is 0 Å². The summed E-state index contributed by atoms with van der Waals surface area (Å²) in [4.78, 5) is 17.1. The van der Waals surface area contributed by atoms with E-state index in [0.29, 0.717) is 16.3 Å². The maximum atomic E-state index is 12.8. The molecule has 0 fully saturated rings. The van der Waals surface area contributed by atoms with Crippen molar-refractivity contribution in [3.8, 4) is 11.1 Å². The summed E-state index contributed by atoms with van der Waals surface area (Å²) in [6.45, 7) is 6.02. The molecule has 0 radical (unpaired) electrons. The maximum Gasteiger partial charge on any atom is 0.261 e. The zero-order valence-electron chi connectivity index (χ0n) is 14.6. The molecular weight excluding hydrogens is 346 g/mol. The van der Waals surface area contributed by atoms with Crippen molar-refractivity contribution >= 4 is 28.0 Å². The molecule has 26 heavy (non-hydrogen) atoms. The van der Waals surface area contributed by atoms with Gasteiger partial charge in [0.15, 0.2) is 10.8 Å². The molecule has 4 aromatic rings. The fraction of sp³-hybridized carbons (Fsp3) is 0.158. The summed E-state index contributed by atoms with van der Waals surface area (Å²) >= 11 is 1.40. The van der Waals surface area contributed by atoms with E-state index in [1.54, 1.807) is 10.7 Å². The third kappa shape index (κ3) is 3.09. The van der Waals surface area contributed by atoms with Crippen molar-refractivity contribution < 1.29 is 4.79 Å². The van der Waals surface area contributed by atoms with E-state index in [9.17, 15) is 4.79 Å². The number of benzene rings is 1. The van der Waals surface area contributed by atoms with Crippen molar-refractivity contribution in [3.05, 3.63) is 64.6 Å². The number of anilines is 1. The van der Waals surface area contributed by atoms with Crippen LogP contribution in [0.25, 0.3) is 16.8 Å². The highest BCUT2D eigenvalue weighted by molar-refractivity contribution is 7.13. The summed E-state index contributed by atoms with van der Waals surface area (Å²) in [6.07, 6.45) is 3.54. The number of aryl methyl sites for hydroxylation is 3. The van der Waals surface area contributed by atoms with Crippen molar-refractivity contribution in [2.24, 2.45) is 0 Å². The van der Waals surface area contributed by atoms with Crippen LogP contribution >= 0.6 is 11.3 Å². The fourth-order valence-corrected chi connectivity index (χ4v) is 3.66. The molecule has 4 rings (SSSR count). The molecule has 0 bridgehead atoms. The number of nitrogens with one attached hydrogen (secondary N) is 1.